The van der Waals surface area contributed by atoms with Gasteiger partial charge in [0, 0.05) is 6.04 Å². The summed E-state index contributed by atoms with van der Waals surface area (Å²) < 4.78 is 65.9. The van der Waals surface area contributed by atoms with E-state index in [2.05, 4.69) is 5.32 Å². The minimum atomic E-state index is -4.27. The van der Waals surface area contributed by atoms with Gasteiger partial charge < -0.3 is 5.32 Å². The Hall–Kier alpha value is -1.17. The van der Waals surface area contributed by atoms with Crippen LogP contribution in [0.15, 0.2) is 18.2 Å². The molecule has 1 saturated carbocycles. The normalized spacial score (nSPS) is 24.9. The summed E-state index contributed by atoms with van der Waals surface area (Å²) in [6.07, 6.45) is -2.47. The molecule has 2 rings (SSSR count). The molecular weight excluding hydrogens is 289 g/mol. The first-order valence-electron chi connectivity index (χ1n) is 7.03. The molecule has 0 aromatic heterocycles. The molecule has 3 unspecified atom stereocenters. The van der Waals surface area contributed by atoms with Gasteiger partial charge in [-0.05, 0) is 43.5 Å². The maximum absolute atomic E-state index is 13.3. The van der Waals surface area contributed by atoms with Crippen LogP contribution in [0.1, 0.15) is 37.3 Å². The summed E-state index contributed by atoms with van der Waals surface area (Å²) in [6.45, 7) is 0. The average molecular weight is 307 g/mol. The molecule has 6 heteroatoms. The Kier molecular flexibility index (Phi) is 4.86. The van der Waals surface area contributed by atoms with Gasteiger partial charge in [-0.1, -0.05) is 18.9 Å². The Morgan fingerprint density at radius 1 is 1.10 bits per heavy atom. The van der Waals surface area contributed by atoms with Gasteiger partial charge in [0.05, 0.1) is 5.92 Å². The van der Waals surface area contributed by atoms with Crippen LogP contribution in [-0.2, 0) is 0 Å². The number of alkyl halides is 3. The highest BCUT2D eigenvalue weighted by Gasteiger charge is 2.47. The molecule has 0 heterocycles. The Labute approximate surface area is 120 Å². The molecule has 0 amide bonds. The van der Waals surface area contributed by atoms with E-state index in [9.17, 15) is 22.0 Å². The van der Waals surface area contributed by atoms with Gasteiger partial charge in [-0.25, -0.2) is 8.78 Å². The van der Waals surface area contributed by atoms with Crippen LogP contribution < -0.4 is 5.32 Å². The molecule has 0 spiro atoms. The molecule has 21 heavy (non-hydrogen) atoms. The number of rotatable bonds is 3. The van der Waals surface area contributed by atoms with Gasteiger partial charge in [0.15, 0.2) is 11.6 Å². The molecular formula is C15H18F5N. The summed E-state index contributed by atoms with van der Waals surface area (Å²) in [5, 5.41) is 2.85. The Balaban J connectivity index is 2.31. The molecule has 1 aliphatic rings. The molecule has 1 aliphatic carbocycles. The van der Waals surface area contributed by atoms with Crippen LogP contribution in [0.25, 0.3) is 0 Å². The van der Waals surface area contributed by atoms with E-state index in [1.807, 2.05) is 0 Å². The van der Waals surface area contributed by atoms with Crippen molar-refractivity contribution in [3.05, 3.63) is 35.4 Å². The van der Waals surface area contributed by atoms with Crippen molar-refractivity contribution in [3.8, 4) is 0 Å². The fourth-order valence-corrected chi connectivity index (χ4v) is 3.30. The molecule has 3 atom stereocenters. The van der Waals surface area contributed by atoms with E-state index in [0.29, 0.717) is 18.4 Å². The second-order valence-corrected chi connectivity index (χ2v) is 5.54. The van der Waals surface area contributed by atoms with Gasteiger partial charge in [0.25, 0.3) is 0 Å². The number of hydrogen-bond acceptors (Lipinski definition) is 1. The second-order valence-electron chi connectivity index (χ2n) is 5.54. The molecule has 0 aliphatic heterocycles. The van der Waals surface area contributed by atoms with Crippen LogP contribution in [0.5, 0.6) is 0 Å². The predicted molar refractivity (Wildman–Crippen MR) is 69.7 cm³/mol. The van der Waals surface area contributed by atoms with E-state index in [1.165, 1.54) is 6.07 Å². The third-order valence-electron chi connectivity index (χ3n) is 4.28. The van der Waals surface area contributed by atoms with Crippen LogP contribution >= 0.6 is 0 Å². The Bertz CT molecular complexity index is 485. The number of nitrogens with one attached hydrogen (secondary N) is 1. The summed E-state index contributed by atoms with van der Waals surface area (Å²) >= 11 is 0. The largest absolute Gasteiger partial charge is 0.392 e. The van der Waals surface area contributed by atoms with Gasteiger partial charge in [0.1, 0.15) is 0 Å². The monoisotopic (exact) mass is 307 g/mol. The first-order valence-corrected chi connectivity index (χ1v) is 7.03. The summed E-state index contributed by atoms with van der Waals surface area (Å²) in [7, 11) is 1.55. The standard InChI is InChI=1S/C15H18F5N/c1-21-14(9-6-7-12(16)13(17)8-9)10-4-2-3-5-11(10)15(18,19)20/h6-8,10-11,14,21H,2-5H2,1H3. The quantitative estimate of drug-likeness (QED) is 0.805. The first-order chi connectivity index (χ1) is 9.84. The maximum Gasteiger partial charge on any atom is 0.392 e. The fourth-order valence-electron chi connectivity index (χ4n) is 3.30. The molecule has 1 aromatic carbocycles. The lowest BCUT2D eigenvalue weighted by Crippen LogP contribution is -2.40. The Morgan fingerprint density at radius 2 is 1.76 bits per heavy atom. The number of hydrogen-bond donors (Lipinski definition) is 1. The van der Waals surface area contributed by atoms with E-state index in [1.54, 1.807) is 7.05 Å². The van der Waals surface area contributed by atoms with Crippen molar-refractivity contribution in [1.29, 1.82) is 0 Å². The zero-order valence-electron chi connectivity index (χ0n) is 11.7. The molecule has 1 nitrogen and oxygen atoms in total. The molecule has 1 N–H and O–H groups in total. The highest BCUT2D eigenvalue weighted by molar-refractivity contribution is 5.22. The Morgan fingerprint density at radius 3 is 2.33 bits per heavy atom. The van der Waals surface area contributed by atoms with E-state index < -0.39 is 35.7 Å². The molecule has 118 valence electrons. The zero-order valence-corrected chi connectivity index (χ0v) is 11.7. The molecule has 0 bridgehead atoms. The van der Waals surface area contributed by atoms with Crippen LogP contribution in [0, 0.1) is 23.5 Å². The van der Waals surface area contributed by atoms with Crippen molar-refractivity contribution in [2.45, 2.75) is 37.9 Å². The smallest absolute Gasteiger partial charge is 0.313 e. The third-order valence-corrected chi connectivity index (χ3v) is 4.28. The predicted octanol–water partition coefficient (Wildman–Crippen LogP) is 4.59. The van der Waals surface area contributed by atoms with Crippen molar-refractivity contribution in [2.24, 2.45) is 11.8 Å². The van der Waals surface area contributed by atoms with E-state index in [-0.39, 0.29) is 6.42 Å². The van der Waals surface area contributed by atoms with Crippen molar-refractivity contribution in [1.82, 2.24) is 5.32 Å². The van der Waals surface area contributed by atoms with Crippen LogP contribution in [0.4, 0.5) is 22.0 Å². The lowest BCUT2D eigenvalue weighted by atomic mass is 9.73. The van der Waals surface area contributed by atoms with Crippen molar-refractivity contribution < 1.29 is 22.0 Å². The van der Waals surface area contributed by atoms with Gasteiger partial charge >= 0.3 is 6.18 Å². The van der Waals surface area contributed by atoms with Crippen LogP contribution in [0.2, 0.25) is 0 Å². The average Bonchev–Trinajstić information content (AvgIpc) is 2.43. The van der Waals surface area contributed by atoms with E-state index in [4.69, 9.17) is 0 Å². The molecule has 1 fully saturated rings. The van der Waals surface area contributed by atoms with Gasteiger partial charge in [-0.15, -0.1) is 0 Å². The molecule has 0 saturated heterocycles. The van der Waals surface area contributed by atoms with Crippen molar-refractivity contribution in [2.75, 3.05) is 7.05 Å². The maximum atomic E-state index is 13.3. The minimum Gasteiger partial charge on any atom is -0.313 e. The number of benzene rings is 1. The highest BCUT2D eigenvalue weighted by Crippen LogP contribution is 2.46. The fraction of sp³-hybridized carbons (Fsp3) is 0.600. The van der Waals surface area contributed by atoms with Gasteiger partial charge in [-0.3, -0.25) is 0 Å². The highest BCUT2D eigenvalue weighted by atomic mass is 19.4. The van der Waals surface area contributed by atoms with Crippen molar-refractivity contribution in [3.63, 3.8) is 0 Å². The van der Waals surface area contributed by atoms with E-state index in [0.717, 1.165) is 18.6 Å². The van der Waals surface area contributed by atoms with Gasteiger partial charge in [0.2, 0.25) is 0 Å². The lowest BCUT2D eigenvalue weighted by Gasteiger charge is -2.38. The van der Waals surface area contributed by atoms with E-state index >= 15 is 0 Å². The second kappa shape index (κ2) is 6.30. The number of halogens is 5. The topological polar surface area (TPSA) is 12.0 Å². The summed E-state index contributed by atoms with van der Waals surface area (Å²) in [4.78, 5) is 0. The van der Waals surface area contributed by atoms with Gasteiger partial charge in [-0.2, -0.15) is 13.2 Å². The lowest BCUT2D eigenvalue weighted by molar-refractivity contribution is -0.199. The zero-order chi connectivity index (χ0) is 15.6. The van der Waals surface area contributed by atoms with Crippen LogP contribution in [0.3, 0.4) is 0 Å². The molecule has 1 aromatic rings. The summed E-state index contributed by atoms with van der Waals surface area (Å²) in [5.74, 6) is -4.10. The minimum absolute atomic E-state index is 0.0933. The first kappa shape index (κ1) is 16.2. The SMILES string of the molecule is CNC(c1ccc(F)c(F)c1)C1CCCCC1C(F)(F)F. The molecule has 0 radical (unpaired) electrons. The third kappa shape index (κ3) is 3.54. The summed E-state index contributed by atoms with van der Waals surface area (Å²) in [6, 6.07) is 2.66. The summed E-state index contributed by atoms with van der Waals surface area (Å²) in [5.41, 5.74) is 0.359. The van der Waals surface area contributed by atoms with Crippen molar-refractivity contribution >= 4 is 0 Å². The van der Waals surface area contributed by atoms with Crippen LogP contribution in [-0.4, -0.2) is 13.2 Å².